The zero-order valence-electron chi connectivity index (χ0n) is 14.3. The molecule has 0 unspecified atom stereocenters. The molecule has 0 spiro atoms. The molecule has 26 heavy (non-hydrogen) atoms. The number of nitro groups is 1. The number of hydrogen-bond acceptors (Lipinski definition) is 4. The van der Waals surface area contributed by atoms with Crippen molar-refractivity contribution in [3.05, 3.63) is 70.4 Å². The number of nitro benzene ring substituents is 1. The molecule has 0 aliphatic rings. The Bertz CT molecular complexity index is 1060. The molecule has 136 valence electrons. The molecule has 7 nitrogen and oxygen atoms in total. The summed E-state index contributed by atoms with van der Waals surface area (Å²) in [5, 5.41) is 12.0. The first kappa shape index (κ1) is 18.1. The molecule has 0 saturated heterocycles. The molecule has 3 rings (SSSR count). The number of non-ortho nitro benzene ring substituents is 1. The number of benzene rings is 2. The van der Waals surface area contributed by atoms with Crippen molar-refractivity contribution in [2.45, 2.75) is 24.8 Å². The van der Waals surface area contributed by atoms with E-state index in [-0.39, 0.29) is 17.1 Å². The lowest BCUT2D eigenvalue weighted by Gasteiger charge is -2.10. The monoisotopic (exact) mass is 373 g/mol. The van der Waals surface area contributed by atoms with Crippen LogP contribution in [0, 0.1) is 17.0 Å². The van der Waals surface area contributed by atoms with E-state index in [0.29, 0.717) is 18.5 Å². The topological polar surface area (TPSA) is 94.2 Å². The fourth-order valence-electron chi connectivity index (χ4n) is 2.86. The van der Waals surface area contributed by atoms with Crippen LogP contribution in [0.2, 0.25) is 0 Å². The summed E-state index contributed by atoms with van der Waals surface area (Å²) >= 11 is 0. The van der Waals surface area contributed by atoms with Crippen LogP contribution >= 0.6 is 0 Å². The maximum absolute atomic E-state index is 12.5. The van der Waals surface area contributed by atoms with Crippen LogP contribution < -0.4 is 4.72 Å². The molecule has 2 aromatic carbocycles. The molecule has 0 aliphatic carbocycles. The van der Waals surface area contributed by atoms with Gasteiger partial charge in [-0.25, -0.2) is 13.1 Å². The summed E-state index contributed by atoms with van der Waals surface area (Å²) in [6, 6.07) is 13.8. The van der Waals surface area contributed by atoms with Gasteiger partial charge in [-0.15, -0.1) is 0 Å². The fraction of sp³-hybridized carbons (Fsp3) is 0.222. The van der Waals surface area contributed by atoms with Gasteiger partial charge in [0.25, 0.3) is 5.69 Å². The van der Waals surface area contributed by atoms with Crippen LogP contribution in [0.4, 0.5) is 5.69 Å². The van der Waals surface area contributed by atoms with E-state index in [1.807, 2.05) is 36.5 Å². The van der Waals surface area contributed by atoms with Gasteiger partial charge in [0.1, 0.15) is 0 Å². The van der Waals surface area contributed by atoms with Crippen molar-refractivity contribution in [3.8, 4) is 0 Å². The van der Waals surface area contributed by atoms with Crippen molar-refractivity contribution in [2.24, 2.45) is 0 Å². The molecule has 0 bridgehead atoms. The second-order valence-electron chi connectivity index (χ2n) is 6.03. The molecule has 3 aromatic rings. The van der Waals surface area contributed by atoms with Crippen molar-refractivity contribution in [1.82, 2.24) is 9.29 Å². The quantitative estimate of drug-likeness (QED) is 0.391. The average Bonchev–Trinajstić information content (AvgIpc) is 3.02. The largest absolute Gasteiger partial charge is 0.347 e. The number of aryl methyl sites for hydroxylation is 2. The van der Waals surface area contributed by atoms with Crippen LogP contribution in [0.1, 0.15) is 12.0 Å². The number of hydrogen-bond donors (Lipinski definition) is 1. The van der Waals surface area contributed by atoms with Gasteiger partial charge in [-0.1, -0.05) is 24.3 Å². The molecular formula is C18H19N3O4S. The third-order valence-electron chi connectivity index (χ3n) is 4.22. The first-order valence-corrected chi connectivity index (χ1v) is 9.65. The van der Waals surface area contributed by atoms with Gasteiger partial charge in [0.15, 0.2) is 0 Å². The Morgan fingerprint density at radius 3 is 2.69 bits per heavy atom. The standard InChI is InChI=1S/C18H19N3O4S/c1-14-7-8-16(21(22)23)13-18(14)26(24,25)19-10-4-11-20-12-9-15-5-2-3-6-17(15)20/h2-3,5-9,12-13,19H,4,10-11H2,1H3. The molecule has 0 radical (unpaired) electrons. The van der Waals surface area contributed by atoms with Crippen LogP contribution in [0.15, 0.2) is 59.6 Å². The highest BCUT2D eigenvalue weighted by Gasteiger charge is 2.20. The lowest BCUT2D eigenvalue weighted by molar-refractivity contribution is -0.385. The summed E-state index contributed by atoms with van der Waals surface area (Å²) in [6.45, 7) is 2.53. The average molecular weight is 373 g/mol. The highest BCUT2D eigenvalue weighted by Crippen LogP contribution is 2.21. The van der Waals surface area contributed by atoms with E-state index in [4.69, 9.17) is 0 Å². The van der Waals surface area contributed by atoms with Crippen LogP contribution in [0.3, 0.4) is 0 Å². The highest BCUT2D eigenvalue weighted by molar-refractivity contribution is 7.89. The molecule has 0 saturated carbocycles. The number of sulfonamides is 1. The summed E-state index contributed by atoms with van der Waals surface area (Å²) < 4.78 is 29.5. The summed E-state index contributed by atoms with van der Waals surface area (Å²) in [5.41, 5.74) is 1.33. The third-order valence-corrected chi connectivity index (χ3v) is 5.82. The SMILES string of the molecule is Cc1ccc([N+](=O)[O-])cc1S(=O)(=O)NCCCn1ccc2ccccc21. The Kier molecular flexibility index (Phi) is 5.06. The lowest BCUT2D eigenvalue weighted by atomic mass is 10.2. The van der Waals surface area contributed by atoms with E-state index in [2.05, 4.69) is 9.29 Å². The zero-order valence-corrected chi connectivity index (χ0v) is 15.1. The predicted molar refractivity (Wildman–Crippen MR) is 99.6 cm³/mol. The zero-order chi connectivity index (χ0) is 18.7. The van der Waals surface area contributed by atoms with E-state index < -0.39 is 14.9 Å². The first-order valence-electron chi connectivity index (χ1n) is 8.17. The minimum Gasteiger partial charge on any atom is -0.347 e. The normalized spacial score (nSPS) is 11.7. The van der Waals surface area contributed by atoms with Crippen LogP contribution in [-0.2, 0) is 16.6 Å². The van der Waals surface area contributed by atoms with Gasteiger partial charge in [-0.05, 0) is 36.4 Å². The van der Waals surface area contributed by atoms with E-state index >= 15 is 0 Å². The predicted octanol–water partition coefficient (Wildman–Crippen LogP) is 3.23. The third kappa shape index (κ3) is 3.76. The summed E-state index contributed by atoms with van der Waals surface area (Å²) in [4.78, 5) is 10.2. The Labute approximate surface area is 151 Å². The minimum absolute atomic E-state index is 0.0573. The van der Waals surface area contributed by atoms with Gasteiger partial charge in [0, 0.05) is 36.9 Å². The second kappa shape index (κ2) is 7.27. The molecule has 0 fully saturated rings. The van der Waals surface area contributed by atoms with Gasteiger partial charge in [-0.2, -0.15) is 0 Å². The van der Waals surface area contributed by atoms with Gasteiger partial charge in [0.05, 0.1) is 9.82 Å². The van der Waals surface area contributed by atoms with E-state index in [0.717, 1.165) is 17.0 Å². The minimum atomic E-state index is -3.79. The Morgan fingerprint density at radius 1 is 1.15 bits per heavy atom. The number of fused-ring (bicyclic) bond motifs is 1. The summed E-state index contributed by atoms with van der Waals surface area (Å²) in [6.07, 6.45) is 2.58. The smallest absolute Gasteiger partial charge is 0.270 e. The van der Waals surface area contributed by atoms with Crippen molar-refractivity contribution in [1.29, 1.82) is 0 Å². The molecular weight excluding hydrogens is 354 g/mol. The Hall–Kier alpha value is -2.71. The molecule has 0 aliphatic heterocycles. The van der Waals surface area contributed by atoms with Crippen molar-refractivity contribution in [2.75, 3.05) is 6.54 Å². The first-order chi connectivity index (χ1) is 12.4. The number of nitrogens with one attached hydrogen (secondary N) is 1. The highest BCUT2D eigenvalue weighted by atomic mass is 32.2. The molecule has 1 N–H and O–H groups in total. The second-order valence-corrected chi connectivity index (χ2v) is 7.76. The van der Waals surface area contributed by atoms with Gasteiger partial charge < -0.3 is 4.57 Å². The summed E-state index contributed by atoms with van der Waals surface area (Å²) in [7, 11) is -3.79. The molecule has 0 amide bonds. The van der Waals surface area contributed by atoms with Crippen molar-refractivity contribution >= 4 is 26.6 Å². The van der Waals surface area contributed by atoms with Gasteiger partial charge in [-0.3, -0.25) is 10.1 Å². The van der Waals surface area contributed by atoms with Gasteiger partial charge >= 0.3 is 0 Å². The molecule has 8 heteroatoms. The van der Waals surface area contributed by atoms with E-state index in [9.17, 15) is 18.5 Å². The number of nitrogens with zero attached hydrogens (tertiary/aromatic N) is 2. The number of aromatic nitrogens is 1. The fourth-order valence-corrected chi connectivity index (χ4v) is 4.20. The maximum atomic E-state index is 12.5. The Morgan fingerprint density at radius 2 is 1.92 bits per heavy atom. The van der Waals surface area contributed by atoms with E-state index in [1.54, 1.807) is 6.92 Å². The van der Waals surface area contributed by atoms with Crippen LogP contribution in [-0.4, -0.2) is 24.5 Å². The summed E-state index contributed by atoms with van der Waals surface area (Å²) in [5.74, 6) is 0. The van der Waals surface area contributed by atoms with Crippen LogP contribution in [0.25, 0.3) is 10.9 Å². The number of para-hydroxylation sites is 1. The lowest BCUT2D eigenvalue weighted by Crippen LogP contribution is -2.26. The van der Waals surface area contributed by atoms with Crippen molar-refractivity contribution in [3.63, 3.8) is 0 Å². The van der Waals surface area contributed by atoms with Crippen molar-refractivity contribution < 1.29 is 13.3 Å². The van der Waals surface area contributed by atoms with E-state index in [1.165, 1.54) is 12.1 Å². The maximum Gasteiger partial charge on any atom is 0.270 e. The molecule has 1 heterocycles. The number of rotatable bonds is 7. The molecule has 1 aromatic heterocycles. The molecule has 0 atom stereocenters. The van der Waals surface area contributed by atoms with Crippen LogP contribution in [0.5, 0.6) is 0 Å². The Balaban J connectivity index is 1.65. The van der Waals surface area contributed by atoms with Gasteiger partial charge in [0.2, 0.25) is 10.0 Å².